The van der Waals surface area contributed by atoms with Gasteiger partial charge in [-0.05, 0) is 37.1 Å². The molecule has 17 heavy (non-hydrogen) atoms. The Bertz CT molecular complexity index is 366. The number of hydrogen-bond donors (Lipinski definition) is 2. The fourth-order valence-corrected chi connectivity index (χ4v) is 1.56. The molecule has 0 heterocycles. The van der Waals surface area contributed by atoms with E-state index in [2.05, 4.69) is 5.32 Å². The first kappa shape index (κ1) is 13.8. The van der Waals surface area contributed by atoms with Gasteiger partial charge in [0.1, 0.15) is 0 Å². The van der Waals surface area contributed by atoms with Crippen LogP contribution in [0.25, 0.3) is 0 Å². The number of benzene rings is 1. The third kappa shape index (κ3) is 3.61. The van der Waals surface area contributed by atoms with Gasteiger partial charge in [-0.1, -0.05) is 0 Å². The van der Waals surface area contributed by atoms with Gasteiger partial charge in [0.2, 0.25) is 0 Å². The molecule has 0 bridgehead atoms. The summed E-state index contributed by atoms with van der Waals surface area (Å²) in [5.41, 5.74) is 2.28. The van der Waals surface area contributed by atoms with Crippen LogP contribution in [0, 0.1) is 6.92 Å². The van der Waals surface area contributed by atoms with Crippen molar-refractivity contribution in [2.45, 2.75) is 26.4 Å². The minimum atomic E-state index is 0.0856. The maximum atomic E-state index is 8.96. The molecule has 1 rings (SSSR count). The summed E-state index contributed by atoms with van der Waals surface area (Å²) in [7, 11) is 3.25. The Labute approximate surface area is 103 Å². The first-order chi connectivity index (χ1) is 8.12. The van der Waals surface area contributed by atoms with Gasteiger partial charge >= 0.3 is 0 Å². The molecule has 0 aliphatic rings. The van der Waals surface area contributed by atoms with Crippen LogP contribution in [0.3, 0.4) is 0 Å². The van der Waals surface area contributed by atoms with Gasteiger partial charge in [0.05, 0.1) is 20.8 Å². The molecule has 0 unspecified atom stereocenters. The van der Waals surface area contributed by atoms with Crippen molar-refractivity contribution in [1.29, 1.82) is 0 Å². The average molecular weight is 239 g/mol. The molecule has 0 saturated heterocycles. The SMILES string of the molecule is COc1cc(C)c(CN[C@H](C)CO)cc1OC. The molecule has 0 aromatic heterocycles. The van der Waals surface area contributed by atoms with E-state index in [1.165, 1.54) is 0 Å². The number of aliphatic hydroxyl groups is 1. The van der Waals surface area contributed by atoms with E-state index >= 15 is 0 Å². The fourth-order valence-electron chi connectivity index (χ4n) is 1.56. The predicted octanol–water partition coefficient (Wildman–Crippen LogP) is 1.48. The van der Waals surface area contributed by atoms with E-state index in [0.717, 1.165) is 22.6 Å². The first-order valence-corrected chi connectivity index (χ1v) is 5.68. The van der Waals surface area contributed by atoms with Gasteiger partial charge in [0.15, 0.2) is 11.5 Å². The van der Waals surface area contributed by atoms with Crippen LogP contribution in [0.4, 0.5) is 0 Å². The van der Waals surface area contributed by atoms with Gasteiger partial charge in [-0.2, -0.15) is 0 Å². The summed E-state index contributed by atoms with van der Waals surface area (Å²) < 4.78 is 10.5. The predicted molar refractivity (Wildman–Crippen MR) is 67.7 cm³/mol. The first-order valence-electron chi connectivity index (χ1n) is 5.68. The van der Waals surface area contributed by atoms with Crippen molar-refractivity contribution < 1.29 is 14.6 Å². The van der Waals surface area contributed by atoms with Crippen molar-refractivity contribution in [2.75, 3.05) is 20.8 Å². The molecule has 96 valence electrons. The Morgan fingerprint density at radius 2 is 1.82 bits per heavy atom. The highest BCUT2D eigenvalue weighted by Crippen LogP contribution is 2.30. The molecule has 1 aromatic rings. The highest BCUT2D eigenvalue weighted by molar-refractivity contribution is 5.46. The number of hydrogen-bond acceptors (Lipinski definition) is 4. The highest BCUT2D eigenvalue weighted by Gasteiger charge is 2.09. The number of ether oxygens (including phenoxy) is 2. The molecule has 0 radical (unpaired) electrons. The van der Waals surface area contributed by atoms with E-state index in [9.17, 15) is 0 Å². The molecule has 0 fully saturated rings. The molecule has 0 spiro atoms. The van der Waals surface area contributed by atoms with Crippen LogP contribution in [-0.2, 0) is 6.54 Å². The highest BCUT2D eigenvalue weighted by atomic mass is 16.5. The molecule has 0 aliphatic heterocycles. The van der Waals surface area contributed by atoms with Gasteiger partial charge in [-0.25, -0.2) is 0 Å². The van der Waals surface area contributed by atoms with Gasteiger partial charge in [0, 0.05) is 12.6 Å². The smallest absolute Gasteiger partial charge is 0.161 e. The monoisotopic (exact) mass is 239 g/mol. The Balaban J connectivity index is 2.85. The van der Waals surface area contributed by atoms with E-state index in [4.69, 9.17) is 14.6 Å². The topological polar surface area (TPSA) is 50.7 Å². The molecule has 1 atom stereocenters. The van der Waals surface area contributed by atoms with E-state index in [-0.39, 0.29) is 12.6 Å². The van der Waals surface area contributed by atoms with Crippen LogP contribution in [0.5, 0.6) is 11.5 Å². The molecule has 0 aliphatic carbocycles. The zero-order valence-electron chi connectivity index (χ0n) is 10.9. The van der Waals surface area contributed by atoms with E-state index in [1.54, 1.807) is 14.2 Å². The zero-order chi connectivity index (χ0) is 12.8. The maximum Gasteiger partial charge on any atom is 0.161 e. The van der Waals surface area contributed by atoms with Crippen LogP contribution in [-0.4, -0.2) is 32.0 Å². The Morgan fingerprint density at radius 1 is 1.24 bits per heavy atom. The standard InChI is InChI=1S/C13H21NO3/c1-9-5-12(16-3)13(17-4)6-11(9)7-14-10(2)8-15/h5-6,10,14-15H,7-8H2,1-4H3/t10-/m1/s1. The summed E-state index contributed by atoms with van der Waals surface area (Å²) >= 11 is 0. The summed E-state index contributed by atoms with van der Waals surface area (Å²) in [5.74, 6) is 1.47. The van der Waals surface area contributed by atoms with Gasteiger partial charge < -0.3 is 19.9 Å². The van der Waals surface area contributed by atoms with Crippen molar-refractivity contribution in [3.8, 4) is 11.5 Å². The molecule has 1 aromatic carbocycles. The number of methoxy groups -OCH3 is 2. The number of rotatable bonds is 6. The van der Waals surface area contributed by atoms with Crippen molar-refractivity contribution in [3.05, 3.63) is 23.3 Å². The van der Waals surface area contributed by atoms with Crippen LogP contribution in [0.2, 0.25) is 0 Å². The second-order valence-electron chi connectivity index (χ2n) is 4.10. The molecule has 0 saturated carbocycles. The summed E-state index contributed by atoms with van der Waals surface area (Å²) in [4.78, 5) is 0. The largest absolute Gasteiger partial charge is 0.493 e. The van der Waals surface area contributed by atoms with Gasteiger partial charge in [0.25, 0.3) is 0 Å². The van der Waals surface area contributed by atoms with Crippen molar-refractivity contribution >= 4 is 0 Å². The van der Waals surface area contributed by atoms with Crippen LogP contribution in [0.15, 0.2) is 12.1 Å². The average Bonchev–Trinajstić information content (AvgIpc) is 2.36. The quantitative estimate of drug-likeness (QED) is 0.789. The normalized spacial score (nSPS) is 12.3. The second kappa shape index (κ2) is 6.47. The summed E-state index contributed by atoms with van der Waals surface area (Å²) in [5, 5.41) is 12.2. The van der Waals surface area contributed by atoms with Crippen molar-refractivity contribution in [3.63, 3.8) is 0 Å². The van der Waals surface area contributed by atoms with Crippen LogP contribution < -0.4 is 14.8 Å². The molecule has 2 N–H and O–H groups in total. The van der Waals surface area contributed by atoms with Crippen LogP contribution >= 0.6 is 0 Å². The zero-order valence-corrected chi connectivity index (χ0v) is 10.9. The number of nitrogens with one attached hydrogen (secondary N) is 1. The summed E-state index contributed by atoms with van der Waals surface area (Å²) in [6, 6.07) is 4.01. The van der Waals surface area contributed by atoms with Crippen LogP contribution in [0.1, 0.15) is 18.1 Å². The Hall–Kier alpha value is -1.26. The second-order valence-corrected chi connectivity index (χ2v) is 4.10. The third-order valence-corrected chi connectivity index (χ3v) is 2.76. The van der Waals surface area contributed by atoms with Gasteiger partial charge in [-0.15, -0.1) is 0 Å². The van der Waals surface area contributed by atoms with E-state index < -0.39 is 0 Å². The van der Waals surface area contributed by atoms with E-state index in [0.29, 0.717) is 6.54 Å². The van der Waals surface area contributed by atoms with Gasteiger partial charge in [-0.3, -0.25) is 0 Å². The fraction of sp³-hybridized carbons (Fsp3) is 0.538. The third-order valence-electron chi connectivity index (χ3n) is 2.76. The molecule has 4 nitrogen and oxygen atoms in total. The number of aryl methyl sites for hydroxylation is 1. The lowest BCUT2D eigenvalue weighted by atomic mass is 10.1. The van der Waals surface area contributed by atoms with E-state index in [1.807, 2.05) is 26.0 Å². The molecule has 4 heteroatoms. The molecular weight excluding hydrogens is 218 g/mol. The minimum absolute atomic E-state index is 0.0856. The summed E-state index contributed by atoms with van der Waals surface area (Å²) in [6.45, 7) is 4.80. The lowest BCUT2D eigenvalue weighted by Crippen LogP contribution is -2.28. The summed E-state index contributed by atoms with van der Waals surface area (Å²) in [6.07, 6.45) is 0. The van der Waals surface area contributed by atoms with Crippen molar-refractivity contribution in [2.24, 2.45) is 0 Å². The molecular formula is C13H21NO3. The lowest BCUT2D eigenvalue weighted by Gasteiger charge is -2.15. The lowest BCUT2D eigenvalue weighted by molar-refractivity contribution is 0.251. The number of aliphatic hydroxyl groups excluding tert-OH is 1. The Kier molecular flexibility index (Phi) is 5.25. The maximum absolute atomic E-state index is 8.96. The Morgan fingerprint density at radius 3 is 2.35 bits per heavy atom. The minimum Gasteiger partial charge on any atom is -0.493 e. The molecule has 0 amide bonds. The van der Waals surface area contributed by atoms with Crippen molar-refractivity contribution in [1.82, 2.24) is 5.32 Å².